The van der Waals surface area contributed by atoms with Crippen molar-refractivity contribution in [1.29, 1.82) is 0 Å². The Hall–Kier alpha value is -3.17. The lowest BCUT2D eigenvalue weighted by Crippen LogP contribution is -2.33. The lowest BCUT2D eigenvalue weighted by molar-refractivity contribution is -0.138. The number of hydrogen-bond donors (Lipinski definition) is 2. The molecule has 0 aliphatic carbocycles. The van der Waals surface area contributed by atoms with Gasteiger partial charge in [0.25, 0.3) is 11.8 Å². The van der Waals surface area contributed by atoms with E-state index >= 15 is 0 Å². The molecule has 3 rings (SSSR count). The monoisotopic (exact) mass is 430 g/mol. The quantitative estimate of drug-likeness (QED) is 0.617. The molecule has 8 nitrogen and oxygen atoms in total. The molecule has 0 atom stereocenters. The van der Waals surface area contributed by atoms with E-state index in [-0.39, 0.29) is 17.0 Å². The summed E-state index contributed by atoms with van der Waals surface area (Å²) in [4.78, 5) is 26.1. The van der Waals surface area contributed by atoms with E-state index in [0.29, 0.717) is 29.9 Å². The Balaban J connectivity index is 1.70. The van der Waals surface area contributed by atoms with Crippen LogP contribution < -0.4 is 9.88 Å². The molecule has 0 saturated carbocycles. The molecule has 30 heavy (non-hydrogen) atoms. The second-order valence-electron chi connectivity index (χ2n) is 6.80. The van der Waals surface area contributed by atoms with Gasteiger partial charge in [-0.25, -0.2) is 13.6 Å². The summed E-state index contributed by atoms with van der Waals surface area (Å²) in [5.41, 5.74) is 1.09. The van der Waals surface area contributed by atoms with Crippen molar-refractivity contribution in [2.75, 3.05) is 13.2 Å². The Labute approximate surface area is 174 Å². The first-order chi connectivity index (χ1) is 14.2. The predicted molar refractivity (Wildman–Crippen MR) is 110 cm³/mol. The molecule has 2 amide bonds. The molecule has 2 aromatic carbocycles. The van der Waals surface area contributed by atoms with Crippen LogP contribution in [0, 0.1) is 0 Å². The van der Waals surface area contributed by atoms with Gasteiger partial charge in [-0.3, -0.25) is 14.5 Å². The highest BCUT2D eigenvalue weighted by atomic mass is 32.2. The number of nitrogens with two attached hydrogens (primary N) is 1. The highest BCUT2D eigenvalue weighted by Gasteiger charge is 2.38. The molecule has 2 aromatic rings. The molecule has 0 saturated heterocycles. The molecular weight excluding hydrogens is 408 g/mol. The first-order valence-electron chi connectivity index (χ1n) is 9.36. The van der Waals surface area contributed by atoms with Gasteiger partial charge in [0.05, 0.1) is 17.1 Å². The summed E-state index contributed by atoms with van der Waals surface area (Å²) in [6, 6.07) is 12.5. The van der Waals surface area contributed by atoms with Crippen LogP contribution in [-0.4, -0.2) is 43.4 Å². The molecule has 0 spiro atoms. The van der Waals surface area contributed by atoms with Crippen molar-refractivity contribution in [3.8, 4) is 5.75 Å². The highest BCUT2D eigenvalue weighted by Crippen LogP contribution is 2.29. The molecule has 3 N–H and O–H groups in total. The number of amides is 2. The first kappa shape index (κ1) is 21.5. The second-order valence-corrected chi connectivity index (χ2v) is 8.36. The van der Waals surface area contributed by atoms with E-state index in [1.807, 2.05) is 6.92 Å². The Kier molecular flexibility index (Phi) is 6.23. The summed E-state index contributed by atoms with van der Waals surface area (Å²) < 4.78 is 28.1. The summed E-state index contributed by atoms with van der Waals surface area (Å²) in [5, 5.41) is 15.3. The predicted octanol–water partition coefficient (Wildman–Crippen LogP) is 2.00. The van der Waals surface area contributed by atoms with Gasteiger partial charge in [0.15, 0.2) is 5.76 Å². The minimum atomic E-state index is -3.79. The van der Waals surface area contributed by atoms with Gasteiger partial charge in [-0.05, 0) is 48.2 Å². The molecule has 0 aromatic heterocycles. The molecule has 1 aliphatic heterocycles. The Morgan fingerprint density at radius 3 is 2.20 bits per heavy atom. The maximum atomic E-state index is 12.8. The molecule has 1 aliphatic rings. The van der Waals surface area contributed by atoms with E-state index in [1.165, 1.54) is 12.1 Å². The number of carbonyl (C=O) groups is 2. The minimum Gasteiger partial charge on any atom is -0.502 e. The van der Waals surface area contributed by atoms with E-state index in [1.54, 1.807) is 36.4 Å². The molecule has 0 unspecified atom stereocenters. The number of benzene rings is 2. The van der Waals surface area contributed by atoms with Crippen LogP contribution in [0.2, 0.25) is 0 Å². The van der Waals surface area contributed by atoms with E-state index in [0.717, 1.165) is 11.3 Å². The Morgan fingerprint density at radius 2 is 1.63 bits per heavy atom. The normalized spacial score (nSPS) is 14.5. The third kappa shape index (κ3) is 4.52. The van der Waals surface area contributed by atoms with Crippen molar-refractivity contribution in [2.45, 2.75) is 24.7 Å². The summed E-state index contributed by atoms with van der Waals surface area (Å²) in [7, 11) is -3.79. The number of carbonyl (C=O) groups excluding carboxylic acids is 2. The van der Waals surface area contributed by atoms with Gasteiger partial charge in [0.1, 0.15) is 5.75 Å². The van der Waals surface area contributed by atoms with Crippen LogP contribution in [0.5, 0.6) is 5.75 Å². The van der Waals surface area contributed by atoms with E-state index in [2.05, 4.69) is 0 Å². The third-order valence-corrected chi connectivity index (χ3v) is 5.56. The average Bonchev–Trinajstić information content (AvgIpc) is 2.93. The fourth-order valence-corrected chi connectivity index (χ4v) is 3.57. The Bertz CT molecular complexity index is 1090. The van der Waals surface area contributed by atoms with Crippen molar-refractivity contribution in [3.05, 3.63) is 65.4 Å². The van der Waals surface area contributed by atoms with E-state index in [9.17, 15) is 23.1 Å². The van der Waals surface area contributed by atoms with Crippen LogP contribution in [0.4, 0.5) is 0 Å². The van der Waals surface area contributed by atoms with Crippen molar-refractivity contribution < 1.29 is 27.9 Å². The van der Waals surface area contributed by atoms with Gasteiger partial charge in [-0.2, -0.15) is 0 Å². The number of ether oxygens (including phenoxy) is 1. The summed E-state index contributed by atoms with van der Waals surface area (Å²) in [6.07, 6.45) is 1.16. The smallest absolute Gasteiger partial charge is 0.296 e. The largest absolute Gasteiger partial charge is 0.502 e. The molecule has 0 radical (unpaired) electrons. The van der Waals surface area contributed by atoms with E-state index in [4.69, 9.17) is 9.88 Å². The van der Waals surface area contributed by atoms with Crippen molar-refractivity contribution >= 4 is 27.4 Å². The van der Waals surface area contributed by atoms with Crippen LogP contribution in [0.1, 0.15) is 24.5 Å². The maximum Gasteiger partial charge on any atom is 0.296 e. The van der Waals surface area contributed by atoms with Crippen LogP contribution in [0.25, 0.3) is 5.57 Å². The van der Waals surface area contributed by atoms with E-state index < -0.39 is 27.6 Å². The number of sulfonamides is 1. The summed E-state index contributed by atoms with van der Waals surface area (Å²) in [5.74, 6) is -1.30. The van der Waals surface area contributed by atoms with Crippen LogP contribution >= 0.6 is 0 Å². The zero-order valence-electron chi connectivity index (χ0n) is 16.4. The number of imide groups is 1. The average molecular weight is 430 g/mol. The number of primary sulfonamides is 1. The SMILES string of the molecule is CCCOc1ccc(C2=C(O)C(=O)N(CCc3ccc(S(N)(=O)=O)cc3)C2=O)cc1. The highest BCUT2D eigenvalue weighted by molar-refractivity contribution is 7.89. The molecule has 0 bridgehead atoms. The van der Waals surface area contributed by atoms with Crippen LogP contribution in [0.3, 0.4) is 0 Å². The summed E-state index contributed by atoms with van der Waals surface area (Å²) >= 11 is 0. The lowest BCUT2D eigenvalue weighted by atomic mass is 10.1. The Morgan fingerprint density at radius 1 is 1.00 bits per heavy atom. The second kappa shape index (κ2) is 8.68. The van der Waals surface area contributed by atoms with Crippen molar-refractivity contribution in [3.63, 3.8) is 0 Å². The fourth-order valence-electron chi connectivity index (χ4n) is 3.05. The zero-order chi connectivity index (χ0) is 21.9. The van der Waals surface area contributed by atoms with Crippen LogP contribution in [0.15, 0.2) is 59.2 Å². The fraction of sp³-hybridized carbons (Fsp3) is 0.238. The lowest BCUT2D eigenvalue weighted by Gasteiger charge is -2.14. The van der Waals surface area contributed by atoms with Gasteiger partial charge in [-0.15, -0.1) is 0 Å². The van der Waals surface area contributed by atoms with Gasteiger partial charge in [0.2, 0.25) is 10.0 Å². The van der Waals surface area contributed by atoms with Gasteiger partial charge in [-0.1, -0.05) is 31.2 Å². The summed E-state index contributed by atoms with van der Waals surface area (Å²) in [6.45, 7) is 2.59. The van der Waals surface area contributed by atoms with Gasteiger partial charge >= 0.3 is 0 Å². The van der Waals surface area contributed by atoms with Crippen molar-refractivity contribution in [1.82, 2.24) is 4.90 Å². The first-order valence-corrected chi connectivity index (χ1v) is 10.9. The topological polar surface area (TPSA) is 127 Å². The van der Waals surface area contributed by atoms with Crippen LogP contribution in [-0.2, 0) is 26.0 Å². The van der Waals surface area contributed by atoms with Gasteiger partial charge in [0, 0.05) is 6.54 Å². The molecule has 1 heterocycles. The number of aliphatic hydroxyl groups is 1. The molecular formula is C21H22N2O6S. The molecule has 9 heteroatoms. The van der Waals surface area contributed by atoms with Crippen molar-refractivity contribution in [2.24, 2.45) is 5.14 Å². The number of aliphatic hydroxyl groups excluding tert-OH is 1. The minimum absolute atomic E-state index is 0.0208. The zero-order valence-corrected chi connectivity index (χ0v) is 17.2. The van der Waals surface area contributed by atoms with Gasteiger partial charge < -0.3 is 9.84 Å². The number of rotatable bonds is 8. The third-order valence-electron chi connectivity index (χ3n) is 4.64. The molecule has 0 fully saturated rings. The number of hydrogen-bond acceptors (Lipinski definition) is 6. The maximum absolute atomic E-state index is 12.8. The standard InChI is InChI=1S/C21H22N2O6S/c1-2-13-29-16-7-5-15(6-8-16)18-19(24)21(26)23(20(18)25)12-11-14-3-9-17(10-4-14)30(22,27)28/h3-10,24H,2,11-13H2,1H3,(H2,22,27,28). The molecule has 158 valence electrons. The number of nitrogens with zero attached hydrogens (tertiary/aromatic N) is 1.